The largest absolute Gasteiger partial charge is 0.497 e. The van der Waals surface area contributed by atoms with Crippen molar-refractivity contribution in [3.63, 3.8) is 0 Å². The number of nitrogens with zero attached hydrogens (tertiary/aromatic N) is 4. The Labute approximate surface area is 182 Å². The SMILES string of the molecule is CCOc1ccc(-c2cc(N3CCN(C(=O)c4ccc(OC)cc4)CC3)ncn2)cc1. The van der Waals surface area contributed by atoms with Gasteiger partial charge < -0.3 is 19.3 Å². The minimum absolute atomic E-state index is 0.0417. The Morgan fingerprint density at radius 3 is 2.26 bits per heavy atom. The summed E-state index contributed by atoms with van der Waals surface area (Å²) >= 11 is 0. The zero-order valence-electron chi connectivity index (χ0n) is 17.8. The molecule has 3 aromatic rings. The van der Waals surface area contributed by atoms with Crippen molar-refractivity contribution in [1.29, 1.82) is 0 Å². The highest BCUT2D eigenvalue weighted by atomic mass is 16.5. The molecule has 1 fully saturated rings. The smallest absolute Gasteiger partial charge is 0.253 e. The number of methoxy groups -OCH3 is 1. The van der Waals surface area contributed by atoms with Gasteiger partial charge in [0.25, 0.3) is 5.91 Å². The lowest BCUT2D eigenvalue weighted by atomic mass is 10.1. The summed E-state index contributed by atoms with van der Waals surface area (Å²) in [7, 11) is 1.62. The van der Waals surface area contributed by atoms with E-state index in [-0.39, 0.29) is 5.91 Å². The molecule has 1 amide bonds. The highest BCUT2D eigenvalue weighted by Crippen LogP contribution is 2.24. The van der Waals surface area contributed by atoms with Crippen LogP contribution in [0.5, 0.6) is 11.5 Å². The highest BCUT2D eigenvalue weighted by molar-refractivity contribution is 5.94. The van der Waals surface area contributed by atoms with E-state index in [4.69, 9.17) is 9.47 Å². The predicted octanol–water partition coefficient (Wildman–Crippen LogP) is 3.51. The van der Waals surface area contributed by atoms with E-state index in [0.717, 1.165) is 41.7 Å². The molecule has 0 saturated carbocycles. The Morgan fingerprint density at radius 1 is 0.935 bits per heavy atom. The number of benzene rings is 2. The van der Waals surface area contributed by atoms with Crippen LogP contribution < -0.4 is 14.4 Å². The van der Waals surface area contributed by atoms with Crippen LogP contribution in [0, 0.1) is 0 Å². The first-order valence-corrected chi connectivity index (χ1v) is 10.4. The molecule has 2 aromatic carbocycles. The average molecular weight is 418 g/mol. The van der Waals surface area contributed by atoms with Crippen molar-refractivity contribution in [2.24, 2.45) is 0 Å². The van der Waals surface area contributed by atoms with Crippen LogP contribution in [0.1, 0.15) is 17.3 Å². The Bertz CT molecular complexity index is 1010. The Kier molecular flexibility index (Phi) is 6.31. The third-order valence-electron chi connectivity index (χ3n) is 5.34. The van der Waals surface area contributed by atoms with Crippen molar-refractivity contribution in [3.8, 4) is 22.8 Å². The molecule has 0 spiro atoms. The number of hydrogen-bond donors (Lipinski definition) is 0. The number of anilines is 1. The lowest BCUT2D eigenvalue weighted by Gasteiger charge is -2.35. The number of hydrogen-bond acceptors (Lipinski definition) is 6. The maximum absolute atomic E-state index is 12.8. The van der Waals surface area contributed by atoms with Crippen LogP contribution in [0.4, 0.5) is 5.82 Å². The Hall–Kier alpha value is -3.61. The second-order valence-corrected chi connectivity index (χ2v) is 7.23. The first kappa shape index (κ1) is 20.7. The molecule has 160 valence electrons. The summed E-state index contributed by atoms with van der Waals surface area (Å²) in [6.45, 7) is 5.35. The molecule has 1 aliphatic heterocycles. The standard InChI is InChI=1S/C24H26N4O3/c1-3-31-21-10-4-18(5-11-21)22-16-23(26-17-25-22)27-12-14-28(15-13-27)24(29)19-6-8-20(30-2)9-7-19/h4-11,16-17H,3,12-15H2,1-2H3. The molecule has 0 atom stereocenters. The fourth-order valence-electron chi connectivity index (χ4n) is 3.62. The van der Waals surface area contributed by atoms with Crippen LogP contribution in [0.25, 0.3) is 11.3 Å². The molecule has 31 heavy (non-hydrogen) atoms. The number of carbonyl (C=O) groups excluding carboxylic acids is 1. The predicted molar refractivity (Wildman–Crippen MR) is 120 cm³/mol. The van der Waals surface area contributed by atoms with E-state index in [0.29, 0.717) is 25.3 Å². The summed E-state index contributed by atoms with van der Waals surface area (Å²) in [4.78, 5) is 25.7. The molecule has 0 radical (unpaired) electrons. The van der Waals surface area contributed by atoms with Gasteiger partial charge in [0.15, 0.2) is 0 Å². The fourth-order valence-corrected chi connectivity index (χ4v) is 3.62. The third-order valence-corrected chi connectivity index (χ3v) is 5.34. The normalized spacial score (nSPS) is 13.7. The van der Waals surface area contributed by atoms with Crippen molar-refractivity contribution in [3.05, 3.63) is 66.5 Å². The number of aromatic nitrogens is 2. The minimum Gasteiger partial charge on any atom is -0.497 e. The van der Waals surface area contributed by atoms with Crippen molar-refractivity contribution < 1.29 is 14.3 Å². The zero-order valence-corrected chi connectivity index (χ0v) is 17.8. The summed E-state index contributed by atoms with van der Waals surface area (Å²) in [5.74, 6) is 2.50. The first-order chi connectivity index (χ1) is 15.2. The summed E-state index contributed by atoms with van der Waals surface area (Å²) in [5.41, 5.74) is 2.55. The van der Waals surface area contributed by atoms with E-state index in [1.807, 2.05) is 54.3 Å². The van der Waals surface area contributed by atoms with Crippen molar-refractivity contribution in [1.82, 2.24) is 14.9 Å². The summed E-state index contributed by atoms with van der Waals surface area (Å²) < 4.78 is 10.7. The lowest BCUT2D eigenvalue weighted by molar-refractivity contribution is 0.0746. The maximum Gasteiger partial charge on any atom is 0.253 e. The molecule has 0 unspecified atom stereocenters. The van der Waals surface area contributed by atoms with Gasteiger partial charge in [0.2, 0.25) is 0 Å². The lowest BCUT2D eigenvalue weighted by Crippen LogP contribution is -2.49. The van der Waals surface area contributed by atoms with Crippen molar-refractivity contribution in [2.45, 2.75) is 6.92 Å². The van der Waals surface area contributed by atoms with Gasteiger partial charge in [-0.05, 0) is 55.5 Å². The van der Waals surface area contributed by atoms with E-state index >= 15 is 0 Å². The van der Waals surface area contributed by atoms with Crippen LogP contribution in [-0.2, 0) is 0 Å². The van der Waals surface area contributed by atoms with Gasteiger partial charge in [-0.15, -0.1) is 0 Å². The van der Waals surface area contributed by atoms with Gasteiger partial charge in [-0.3, -0.25) is 4.79 Å². The molecular formula is C24H26N4O3. The molecule has 0 N–H and O–H groups in total. The zero-order chi connectivity index (χ0) is 21.6. The monoisotopic (exact) mass is 418 g/mol. The molecule has 0 aliphatic carbocycles. The molecule has 1 saturated heterocycles. The molecule has 1 aromatic heterocycles. The second-order valence-electron chi connectivity index (χ2n) is 7.23. The Balaban J connectivity index is 1.40. The van der Waals surface area contributed by atoms with Gasteiger partial charge >= 0.3 is 0 Å². The summed E-state index contributed by atoms with van der Waals surface area (Å²) in [6.07, 6.45) is 1.59. The van der Waals surface area contributed by atoms with Gasteiger partial charge in [-0.25, -0.2) is 9.97 Å². The number of piperazine rings is 1. The molecular weight excluding hydrogens is 392 g/mol. The van der Waals surface area contributed by atoms with Gasteiger partial charge in [-0.1, -0.05) is 0 Å². The number of rotatable bonds is 6. The fraction of sp³-hybridized carbons (Fsp3) is 0.292. The van der Waals surface area contributed by atoms with E-state index < -0.39 is 0 Å². The van der Waals surface area contributed by atoms with Gasteiger partial charge in [0, 0.05) is 43.4 Å². The van der Waals surface area contributed by atoms with Gasteiger partial charge in [-0.2, -0.15) is 0 Å². The van der Waals surface area contributed by atoms with E-state index in [2.05, 4.69) is 14.9 Å². The minimum atomic E-state index is 0.0417. The van der Waals surface area contributed by atoms with Crippen molar-refractivity contribution in [2.75, 3.05) is 44.8 Å². The van der Waals surface area contributed by atoms with Gasteiger partial charge in [0.1, 0.15) is 23.6 Å². The van der Waals surface area contributed by atoms with Crippen LogP contribution in [0.15, 0.2) is 60.9 Å². The summed E-state index contributed by atoms with van der Waals surface area (Å²) in [6, 6.07) is 17.1. The molecule has 4 rings (SSSR count). The number of carbonyl (C=O) groups is 1. The molecule has 1 aliphatic rings. The maximum atomic E-state index is 12.8. The number of amides is 1. The molecule has 7 nitrogen and oxygen atoms in total. The summed E-state index contributed by atoms with van der Waals surface area (Å²) in [5, 5.41) is 0. The van der Waals surface area contributed by atoms with Crippen LogP contribution in [0.3, 0.4) is 0 Å². The average Bonchev–Trinajstić information content (AvgIpc) is 2.84. The van der Waals surface area contributed by atoms with E-state index in [1.54, 1.807) is 25.6 Å². The van der Waals surface area contributed by atoms with Crippen LogP contribution >= 0.6 is 0 Å². The molecule has 0 bridgehead atoms. The number of ether oxygens (including phenoxy) is 2. The first-order valence-electron chi connectivity index (χ1n) is 10.4. The van der Waals surface area contributed by atoms with Gasteiger partial charge in [0.05, 0.1) is 19.4 Å². The Morgan fingerprint density at radius 2 is 1.61 bits per heavy atom. The highest BCUT2D eigenvalue weighted by Gasteiger charge is 2.23. The molecule has 7 heteroatoms. The molecule has 2 heterocycles. The van der Waals surface area contributed by atoms with Crippen molar-refractivity contribution >= 4 is 11.7 Å². The van der Waals surface area contributed by atoms with Crippen LogP contribution in [-0.4, -0.2) is 60.7 Å². The van der Waals surface area contributed by atoms with E-state index in [9.17, 15) is 4.79 Å². The third kappa shape index (κ3) is 4.77. The second kappa shape index (κ2) is 9.47. The van der Waals surface area contributed by atoms with Crippen LogP contribution in [0.2, 0.25) is 0 Å². The quantitative estimate of drug-likeness (QED) is 0.610. The van der Waals surface area contributed by atoms with E-state index in [1.165, 1.54) is 0 Å². The topological polar surface area (TPSA) is 67.8 Å².